The first-order valence-corrected chi connectivity index (χ1v) is 10.4. The van der Waals surface area contributed by atoms with Crippen molar-refractivity contribution in [3.05, 3.63) is 89.5 Å². The van der Waals surface area contributed by atoms with Crippen LogP contribution in [0.25, 0.3) is 37.9 Å². The first-order chi connectivity index (χ1) is 15.1. The molecule has 0 aliphatic rings. The molecular formula is C27H24N2O2. The highest BCUT2D eigenvalue weighted by molar-refractivity contribution is 6.02. The van der Waals surface area contributed by atoms with E-state index in [0.717, 1.165) is 22.4 Å². The summed E-state index contributed by atoms with van der Waals surface area (Å²) in [6.45, 7) is 11.8. The van der Waals surface area contributed by atoms with E-state index < -0.39 is 5.97 Å². The lowest BCUT2D eigenvalue weighted by Gasteiger charge is -2.10. The number of ether oxygens (including phenoxy) is 1. The third kappa shape index (κ3) is 3.49. The summed E-state index contributed by atoms with van der Waals surface area (Å²) >= 11 is 0. The van der Waals surface area contributed by atoms with Gasteiger partial charge in [0.15, 0.2) is 0 Å². The summed E-state index contributed by atoms with van der Waals surface area (Å²) in [5.41, 5.74) is 5.53. The fourth-order valence-corrected chi connectivity index (χ4v) is 4.25. The number of fused-ring (bicyclic) bond motifs is 1. The standard InChI is InChI=1S/C27H24N2O2/c1-5-23-25(28-3)24(26(29(23)4)27(30)31-6-2)20-16-14-19(15-17-20)22-13-9-11-18-10-7-8-12-21(18)22/h7-17H,5-6H2,1-2,4H3. The van der Waals surface area contributed by atoms with E-state index in [2.05, 4.69) is 47.3 Å². The molecule has 4 aromatic rings. The molecule has 4 rings (SSSR count). The Labute approximate surface area is 182 Å². The number of nitrogens with zero attached hydrogens (tertiary/aromatic N) is 2. The molecule has 0 N–H and O–H groups in total. The average molecular weight is 409 g/mol. The van der Waals surface area contributed by atoms with Gasteiger partial charge in [-0.05, 0) is 40.8 Å². The fraction of sp³-hybridized carbons (Fsp3) is 0.185. The monoisotopic (exact) mass is 408 g/mol. The van der Waals surface area contributed by atoms with Crippen LogP contribution in [-0.2, 0) is 18.2 Å². The minimum Gasteiger partial charge on any atom is -0.461 e. The second kappa shape index (κ2) is 8.49. The molecule has 31 heavy (non-hydrogen) atoms. The van der Waals surface area contributed by atoms with Crippen LogP contribution in [0.4, 0.5) is 5.69 Å². The Morgan fingerprint density at radius 1 is 0.968 bits per heavy atom. The van der Waals surface area contributed by atoms with Gasteiger partial charge in [-0.15, -0.1) is 0 Å². The maximum Gasteiger partial charge on any atom is 0.354 e. The summed E-state index contributed by atoms with van der Waals surface area (Å²) in [5, 5.41) is 2.39. The van der Waals surface area contributed by atoms with Crippen molar-refractivity contribution in [1.29, 1.82) is 0 Å². The number of benzene rings is 3. The van der Waals surface area contributed by atoms with Crippen molar-refractivity contribution in [2.24, 2.45) is 7.05 Å². The molecule has 0 aliphatic carbocycles. The Balaban J connectivity index is 1.86. The second-order valence-electron chi connectivity index (χ2n) is 7.37. The number of hydrogen-bond acceptors (Lipinski definition) is 2. The summed E-state index contributed by atoms with van der Waals surface area (Å²) in [6.07, 6.45) is 0.661. The SMILES string of the molecule is [C-]#[N+]c1c(-c2ccc(-c3cccc4ccccc34)cc2)c(C(=O)OCC)n(C)c1CC. The fourth-order valence-electron chi connectivity index (χ4n) is 4.25. The van der Waals surface area contributed by atoms with Crippen LogP contribution in [0.5, 0.6) is 0 Å². The van der Waals surface area contributed by atoms with E-state index >= 15 is 0 Å². The number of carbonyl (C=O) groups excluding carboxylic acids is 1. The average Bonchev–Trinajstić information content (AvgIpc) is 3.10. The van der Waals surface area contributed by atoms with Crippen LogP contribution in [-0.4, -0.2) is 17.1 Å². The Kier molecular flexibility index (Phi) is 5.60. The van der Waals surface area contributed by atoms with Crippen LogP contribution in [0.1, 0.15) is 30.0 Å². The van der Waals surface area contributed by atoms with Crippen LogP contribution in [0.15, 0.2) is 66.7 Å². The van der Waals surface area contributed by atoms with Crippen molar-refractivity contribution >= 4 is 22.4 Å². The molecule has 0 amide bonds. The predicted octanol–water partition coefficient (Wildman–Crippen LogP) is 6.80. The van der Waals surface area contributed by atoms with Crippen LogP contribution in [0.2, 0.25) is 0 Å². The van der Waals surface area contributed by atoms with Gasteiger partial charge >= 0.3 is 5.97 Å². The molecule has 0 spiro atoms. The van der Waals surface area contributed by atoms with Crippen molar-refractivity contribution in [1.82, 2.24) is 4.57 Å². The van der Waals surface area contributed by atoms with Gasteiger partial charge in [0.05, 0.1) is 13.2 Å². The molecule has 1 heterocycles. The molecule has 0 unspecified atom stereocenters. The molecule has 4 nitrogen and oxygen atoms in total. The molecular weight excluding hydrogens is 384 g/mol. The van der Waals surface area contributed by atoms with E-state index in [-0.39, 0.29) is 6.61 Å². The van der Waals surface area contributed by atoms with Gasteiger partial charge in [-0.25, -0.2) is 9.64 Å². The molecule has 154 valence electrons. The molecule has 4 heteroatoms. The zero-order valence-electron chi connectivity index (χ0n) is 18.0. The molecule has 0 saturated heterocycles. The third-order valence-corrected chi connectivity index (χ3v) is 5.68. The van der Waals surface area contributed by atoms with Crippen molar-refractivity contribution < 1.29 is 9.53 Å². The maximum atomic E-state index is 12.7. The molecule has 0 bridgehead atoms. The highest BCUT2D eigenvalue weighted by atomic mass is 16.5. The van der Waals surface area contributed by atoms with Gasteiger partial charge in [-0.3, -0.25) is 0 Å². The van der Waals surface area contributed by atoms with Gasteiger partial charge in [0, 0.05) is 18.3 Å². The number of esters is 1. The number of carbonyl (C=O) groups is 1. The van der Waals surface area contributed by atoms with E-state index in [1.54, 1.807) is 11.5 Å². The van der Waals surface area contributed by atoms with Gasteiger partial charge in [-0.2, -0.15) is 0 Å². The zero-order valence-corrected chi connectivity index (χ0v) is 18.0. The van der Waals surface area contributed by atoms with Crippen LogP contribution >= 0.6 is 0 Å². The number of rotatable bonds is 5. The highest BCUT2D eigenvalue weighted by Gasteiger charge is 2.26. The number of aromatic nitrogens is 1. The number of hydrogen-bond donors (Lipinski definition) is 0. The van der Waals surface area contributed by atoms with Crippen molar-refractivity contribution in [3.8, 4) is 22.3 Å². The highest BCUT2D eigenvalue weighted by Crippen LogP contribution is 2.40. The van der Waals surface area contributed by atoms with Crippen molar-refractivity contribution in [2.45, 2.75) is 20.3 Å². The summed E-state index contributed by atoms with van der Waals surface area (Å²) in [5.74, 6) is -0.400. The van der Waals surface area contributed by atoms with Gasteiger partial charge in [-0.1, -0.05) is 73.7 Å². The lowest BCUT2D eigenvalue weighted by Crippen LogP contribution is -2.12. The molecule has 0 fully saturated rings. The van der Waals surface area contributed by atoms with E-state index in [9.17, 15) is 4.79 Å². The van der Waals surface area contributed by atoms with Crippen molar-refractivity contribution in [3.63, 3.8) is 0 Å². The minimum absolute atomic E-state index is 0.290. The summed E-state index contributed by atoms with van der Waals surface area (Å²) in [4.78, 5) is 16.5. The first-order valence-electron chi connectivity index (χ1n) is 10.4. The smallest absolute Gasteiger partial charge is 0.354 e. The lowest BCUT2D eigenvalue weighted by atomic mass is 9.95. The van der Waals surface area contributed by atoms with E-state index in [4.69, 9.17) is 11.3 Å². The first kappa shape index (κ1) is 20.4. The van der Waals surface area contributed by atoms with Gasteiger partial charge < -0.3 is 9.30 Å². The molecule has 3 aromatic carbocycles. The van der Waals surface area contributed by atoms with Gasteiger partial charge in [0.2, 0.25) is 5.69 Å². The molecule has 0 saturated carbocycles. The largest absolute Gasteiger partial charge is 0.461 e. The summed E-state index contributed by atoms with van der Waals surface area (Å²) < 4.78 is 7.11. The Morgan fingerprint density at radius 3 is 2.32 bits per heavy atom. The zero-order chi connectivity index (χ0) is 22.0. The second-order valence-corrected chi connectivity index (χ2v) is 7.37. The van der Waals surface area contributed by atoms with Crippen molar-refractivity contribution in [2.75, 3.05) is 6.61 Å². The molecule has 0 aliphatic heterocycles. The lowest BCUT2D eigenvalue weighted by molar-refractivity contribution is 0.0516. The van der Waals surface area contributed by atoms with Gasteiger partial charge in [0.25, 0.3) is 0 Å². The van der Waals surface area contributed by atoms with E-state index in [1.807, 2.05) is 38.2 Å². The normalized spacial score (nSPS) is 10.8. The summed E-state index contributed by atoms with van der Waals surface area (Å²) in [7, 11) is 1.83. The maximum absolute atomic E-state index is 12.7. The Hall–Kier alpha value is -3.84. The Bertz CT molecular complexity index is 1300. The third-order valence-electron chi connectivity index (χ3n) is 5.68. The van der Waals surface area contributed by atoms with E-state index in [1.165, 1.54) is 10.8 Å². The molecule has 1 aromatic heterocycles. The Morgan fingerprint density at radius 2 is 1.65 bits per heavy atom. The predicted molar refractivity (Wildman–Crippen MR) is 125 cm³/mol. The molecule has 0 atom stereocenters. The topological polar surface area (TPSA) is 35.6 Å². The van der Waals surface area contributed by atoms with Crippen LogP contribution in [0, 0.1) is 6.57 Å². The molecule has 0 radical (unpaired) electrons. The minimum atomic E-state index is -0.400. The van der Waals surface area contributed by atoms with Gasteiger partial charge in [0.1, 0.15) is 5.69 Å². The van der Waals surface area contributed by atoms with Crippen LogP contribution < -0.4 is 0 Å². The van der Waals surface area contributed by atoms with Crippen LogP contribution in [0.3, 0.4) is 0 Å². The quantitative estimate of drug-likeness (QED) is 0.269. The van der Waals surface area contributed by atoms with E-state index in [0.29, 0.717) is 23.4 Å². The summed E-state index contributed by atoms with van der Waals surface area (Å²) in [6, 6.07) is 22.7.